The van der Waals surface area contributed by atoms with Gasteiger partial charge in [-0.2, -0.15) is 0 Å². The van der Waals surface area contributed by atoms with Crippen LogP contribution in [-0.2, 0) is 6.61 Å². The topological polar surface area (TPSA) is 58.6 Å². The number of benzene rings is 3. The van der Waals surface area contributed by atoms with Gasteiger partial charge < -0.3 is 15.2 Å². The fraction of sp³-hybridized carbons (Fsp3) is 0.0500. The molecule has 0 aromatic heterocycles. The summed E-state index contributed by atoms with van der Waals surface area (Å²) in [5.74, 6) is -0.197. The van der Waals surface area contributed by atoms with Gasteiger partial charge in [0.2, 0.25) is 0 Å². The quantitative estimate of drug-likeness (QED) is 0.691. The van der Waals surface area contributed by atoms with Gasteiger partial charge in [0.1, 0.15) is 12.4 Å². The summed E-state index contributed by atoms with van der Waals surface area (Å²) in [5.41, 5.74) is 2.70. The highest BCUT2D eigenvalue weighted by Crippen LogP contribution is 2.23. The maximum Gasteiger partial charge on any atom is 0.337 e. The molecule has 4 heteroatoms. The fourth-order valence-corrected chi connectivity index (χ4v) is 2.31. The number of rotatable bonds is 6. The monoisotopic (exact) mass is 319 g/mol. The number of carboxylic acid groups (broad SMARTS) is 1. The average molecular weight is 319 g/mol. The van der Waals surface area contributed by atoms with Crippen LogP contribution in [-0.4, -0.2) is 11.1 Å². The summed E-state index contributed by atoms with van der Waals surface area (Å²) in [6.45, 7) is 0.509. The predicted molar refractivity (Wildman–Crippen MR) is 93.9 cm³/mol. The van der Waals surface area contributed by atoms with E-state index in [1.165, 1.54) is 0 Å². The second-order valence-corrected chi connectivity index (χ2v) is 5.27. The van der Waals surface area contributed by atoms with Gasteiger partial charge in [-0.3, -0.25) is 0 Å². The summed E-state index contributed by atoms with van der Waals surface area (Å²) < 4.78 is 5.74. The van der Waals surface area contributed by atoms with Crippen molar-refractivity contribution < 1.29 is 14.6 Å². The third-order valence-electron chi connectivity index (χ3n) is 3.54. The molecule has 0 unspecified atom stereocenters. The zero-order valence-electron chi connectivity index (χ0n) is 13.0. The summed E-state index contributed by atoms with van der Waals surface area (Å²) in [6.07, 6.45) is 0. The number of para-hydroxylation sites is 1. The van der Waals surface area contributed by atoms with Crippen LogP contribution in [0.5, 0.6) is 5.75 Å². The highest BCUT2D eigenvalue weighted by atomic mass is 16.5. The molecule has 24 heavy (non-hydrogen) atoms. The molecule has 0 bridgehead atoms. The summed E-state index contributed by atoms with van der Waals surface area (Å²) in [6, 6.07) is 24.2. The van der Waals surface area contributed by atoms with E-state index >= 15 is 0 Å². The number of aromatic carboxylic acids is 1. The Hall–Kier alpha value is -3.27. The third-order valence-corrected chi connectivity index (χ3v) is 3.54. The largest absolute Gasteiger partial charge is 0.489 e. The van der Waals surface area contributed by atoms with Crippen molar-refractivity contribution in [3.63, 3.8) is 0 Å². The maximum atomic E-state index is 11.2. The summed E-state index contributed by atoms with van der Waals surface area (Å²) >= 11 is 0. The second-order valence-electron chi connectivity index (χ2n) is 5.27. The molecule has 120 valence electrons. The molecule has 0 heterocycles. The molecular weight excluding hydrogens is 302 g/mol. The normalized spacial score (nSPS) is 10.2. The first kappa shape index (κ1) is 15.6. The smallest absolute Gasteiger partial charge is 0.337 e. The van der Waals surface area contributed by atoms with E-state index in [1.54, 1.807) is 24.3 Å². The van der Waals surface area contributed by atoms with Crippen molar-refractivity contribution in [2.24, 2.45) is 0 Å². The van der Waals surface area contributed by atoms with E-state index in [0.29, 0.717) is 12.3 Å². The fourth-order valence-electron chi connectivity index (χ4n) is 2.31. The van der Waals surface area contributed by atoms with Crippen molar-refractivity contribution >= 4 is 17.3 Å². The van der Waals surface area contributed by atoms with E-state index in [0.717, 1.165) is 17.0 Å². The highest BCUT2D eigenvalue weighted by Gasteiger charge is 2.08. The standard InChI is InChI=1S/C20H17NO3/c22-20(23)18-8-4-5-9-19(18)21-16-10-12-17(13-11-16)24-14-15-6-2-1-3-7-15/h1-13,21H,14H2,(H,22,23). The van der Waals surface area contributed by atoms with Crippen LogP contribution in [0.4, 0.5) is 11.4 Å². The van der Waals surface area contributed by atoms with E-state index in [1.807, 2.05) is 54.6 Å². The van der Waals surface area contributed by atoms with Crippen molar-refractivity contribution in [1.29, 1.82) is 0 Å². The van der Waals surface area contributed by atoms with Gasteiger partial charge in [-0.15, -0.1) is 0 Å². The lowest BCUT2D eigenvalue weighted by molar-refractivity contribution is 0.0698. The van der Waals surface area contributed by atoms with Crippen LogP contribution < -0.4 is 10.1 Å². The van der Waals surface area contributed by atoms with E-state index < -0.39 is 5.97 Å². The lowest BCUT2D eigenvalue weighted by Gasteiger charge is -2.11. The van der Waals surface area contributed by atoms with Crippen LogP contribution in [0.2, 0.25) is 0 Å². The molecule has 3 rings (SSSR count). The van der Waals surface area contributed by atoms with Gasteiger partial charge in [-0.05, 0) is 42.0 Å². The molecule has 3 aromatic carbocycles. The molecule has 0 aliphatic heterocycles. The third kappa shape index (κ3) is 3.93. The molecule has 0 saturated heterocycles. The lowest BCUT2D eigenvalue weighted by atomic mass is 10.1. The summed E-state index contributed by atoms with van der Waals surface area (Å²) in [4.78, 5) is 11.2. The van der Waals surface area contributed by atoms with Crippen LogP contribution in [0.15, 0.2) is 78.9 Å². The van der Waals surface area contributed by atoms with Crippen LogP contribution in [0.25, 0.3) is 0 Å². The van der Waals surface area contributed by atoms with Crippen LogP contribution >= 0.6 is 0 Å². The van der Waals surface area contributed by atoms with Crippen molar-refractivity contribution in [3.05, 3.63) is 90.0 Å². The minimum Gasteiger partial charge on any atom is -0.489 e. The Bertz CT molecular complexity index is 814. The van der Waals surface area contributed by atoms with Crippen molar-refractivity contribution in [3.8, 4) is 5.75 Å². The first-order valence-corrected chi connectivity index (χ1v) is 7.58. The minimum atomic E-state index is -0.957. The Labute approximate surface area is 140 Å². The van der Waals surface area contributed by atoms with Gasteiger partial charge in [0.05, 0.1) is 11.3 Å². The Morgan fingerprint density at radius 1 is 0.875 bits per heavy atom. The molecule has 0 atom stereocenters. The molecular formula is C20H17NO3. The number of carboxylic acids is 1. The van der Waals surface area contributed by atoms with E-state index in [4.69, 9.17) is 4.74 Å². The molecule has 3 aromatic rings. The molecule has 0 aliphatic rings. The number of hydrogen-bond donors (Lipinski definition) is 2. The SMILES string of the molecule is O=C(O)c1ccccc1Nc1ccc(OCc2ccccc2)cc1. The predicted octanol–water partition coefficient (Wildman–Crippen LogP) is 4.71. The lowest BCUT2D eigenvalue weighted by Crippen LogP contribution is -2.02. The first-order chi connectivity index (χ1) is 11.7. The van der Waals surface area contributed by atoms with Crippen molar-refractivity contribution in [2.45, 2.75) is 6.61 Å². The van der Waals surface area contributed by atoms with E-state index in [9.17, 15) is 9.90 Å². The second kappa shape index (κ2) is 7.33. The molecule has 0 aliphatic carbocycles. The molecule has 0 saturated carbocycles. The molecule has 0 fully saturated rings. The number of nitrogens with one attached hydrogen (secondary N) is 1. The number of ether oxygens (including phenoxy) is 1. The van der Waals surface area contributed by atoms with Gasteiger partial charge >= 0.3 is 5.97 Å². The van der Waals surface area contributed by atoms with E-state index in [-0.39, 0.29) is 5.56 Å². The molecule has 0 amide bonds. The van der Waals surface area contributed by atoms with Crippen LogP contribution in [0, 0.1) is 0 Å². The van der Waals surface area contributed by atoms with Crippen molar-refractivity contribution in [2.75, 3.05) is 5.32 Å². The maximum absolute atomic E-state index is 11.2. The Balaban J connectivity index is 1.66. The molecule has 0 radical (unpaired) electrons. The number of hydrogen-bond acceptors (Lipinski definition) is 3. The van der Waals surface area contributed by atoms with Gasteiger partial charge in [0, 0.05) is 5.69 Å². The minimum absolute atomic E-state index is 0.238. The van der Waals surface area contributed by atoms with Crippen molar-refractivity contribution in [1.82, 2.24) is 0 Å². The van der Waals surface area contributed by atoms with Gasteiger partial charge in [-0.25, -0.2) is 4.79 Å². The Morgan fingerprint density at radius 2 is 1.54 bits per heavy atom. The summed E-state index contributed by atoms with van der Waals surface area (Å²) in [5, 5.41) is 12.3. The van der Waals surface area contributed by atoms with Crippen LogP contribution in [0.3, 0.4) is 0 Å². The number of carbonyl (C=O) groups is 1. The zero-order chi connectivity index (χ0) is 16.8. The van der Waals surface area contributed by atoms with Gasteiger partial charge in [-0.1, -0.05) is 42.5 Å². The first-order valence-electron chi connectivity index (χ1n) is 7.58. The Morgan fingerprint density at radius 3 is 2.25 bits per heavy atom. The Kier molecular flexibility index (Phi) is 4.77. The molecule has 4 nitrogen and oxygen atoms in total. The van der Waals surface area contributed by atoms with Gasteiger partial charge in [0.15, 0.2) is 0 Å². The number of anilines is 2. The zero-order valence-corrected chi connectivity index (χ0v) is 13.0. The van der Waals surface area contributed by atoms with Crippen LogP contribution in [0.1, 0.15) is 15.9 Å². The average Bonchev–Trinajstić information content (AvgIpc) is 2.62. The van der Waals surface area contributed by atoms with Gasteiger partial charge in [0.25, 0.3) is 0 Å². The molecule has 0 spiro atoms. The summed E-state index contributed by atoms with van der Waals surface area (Å²) in [7, 11) is 0. The molecule has 2 N–H and O–H groups in total. The van der Waals surface area contributed by atoms with E-state index in [2.05, 4.69) is 5.32 Å². The highest BCUT2D eigenvalue weighted by molar-refractivity contribution is 5.95.